The summed E-state index contributed by atoms with van der Waals surface area (Å²) in [5.41, 5.74) is 1.94. The van der Waals surface area contributed by atoms with Crippen LogP contribution in [-0.2, 0) is 4.74 Å². The van der Waals surface area contributed by atoms with Crippen LogP contribution in [0.25, 0.3) is 0 Å². The van der Waals surface area contributed by atoms with Crippen molar-refractivity contribution in [2.75, 3.05) is 29.9 Å². The van der Waals surface area contributed by atoms with Crippen LogP contribution in [0.4, 0.5) is 11.4 Å². The molecular weight excluding hydrogens is 238 g/mol. The fourth-order valence-corrected chi connectivity index (χ4v) is 2.87. The molecule has 1 saturated heterocycles. The van der Waals surface area contributed by atoms with Gasteiger partial charge >= 0.3 is 0 Å². The van der Waals surface area contributed by atoms with Gasteiger partial charge in [0.25, 0.3) is 0 Å². The standard InChI is InChI=1S/C15H25N3O/c1-6-17-12-7-13(9-16-8-12)18-10-14(2,3)19-15(4,5)11-18/h7-9,17H,6,10-11H2,1-5H3. The van der Waals surface area contributed by atoms with Crippen LogP contribution in [0, 0.1) is 0 Å². The van der Waals surface area contributed by atoms with Crippen molar-refractivity contribution in [3.8, 4) is 0 Å². The molecule has 1 aliphatic heterocycles. The van der Waals surface area contributed by atoms with E-state index in [0.29, 0.717) is 0 Å². The van der Waals surface area contributed by atoms with Crippen molar-refractivity contribution >= 4 is 11.4 Å². The summed E-state index contributed by atoms with van der Waals surface area (Å²) < 4.78 is 6.11. The van der Waals surface area contributed by atoms with Crippen LogP contribution in [0.1, 0.15) is 34.6 Å². The van der Waals surface area contributed by atoms with Gasteiger partial charge in [-0.05, 0) is 40.7 Å². The number of nitrogens with zero attached hydrogens (tertiary/aromatic N) is 2. The van der Waals surface area contributed by atoms with E-state index in [9.17, 15) is 0 Å². The Balaban J connectivity index is 2.23. The maximum atomic E-state index is 6.11. The van der Waals surface area contributed by atoms with E-state index in [0.717, 1.165) is 31.0 Å². The third-order valence-electron chi connectivity index (χ3n) is 3.17. The van der Waals surface area contributed by atoms with Crippen molar-refractivity contribution in [2.45, 2.75) is 45.8 Å². The van der Waals surface area contributed by atoms with Gasteiger partial charge in [-0.25, -0.2) is 0 Å². The average Bonchev–Trinajstić information content (AvgIpc) is 2.25. The Labute approximate surface area is 116 Å². The summed E-state index contributed by atoms with van der Waals surface area (Å²) >= 11 is 0. The van der Waals surface area contributed by atoms with E-state index in [1.54, 1.807) is 0 Å². The molecule has 1 N–H and O–H groups in total. The smallest absolute Gasteiger partial charge is 0.0808 e. The Morgan fingerprint density at radius 2 is 1.84 bits per heavy atom. The highest BCUT2D eigenvalue weighted by atomic mass is 16.5. The number of morpholine rings is 1. The second-order valence-corrected chi connectivity index (χ2v) is 6.44. The van der Waals surface area contributed by atoms with Crippen molar-refractivity contribution in [1.82, 2.24) is 4.98 Å². The largest absolute Gasteiger partial charge is 0.384 e. The predicted octanol–water partition coefficient (Wildman–Crippen LogP) is 2.91. The number of aromatic nitrogens is 1. The molecule has 1 aromatic rings. The summed E-state index contributed by atoms with van der Waals surface area (Å²) in [6, 6.07) is 2.16. The van der Waals surface area contributed by atoms with E-state index in [4.69, 9.17) is 4.74 Å². The first kappa shape index (κ1) is 14.1. The SMILES string of the molecule is CCNc1cncc(N2CC(C)(C)OC(C)(C)C2)c1. The van der Waals surface area contributed by atoms with E-state index in [2.05, 4.69) is 55.9 Å². The van der Waals surface area contributed by atoms with Gasteiger partial charge in [0.2, 0.25) is 0 Å². The van der Waals surface area contributed by atoms with E-state index in [-0.39, 0.29) is 11.2 Å². The molecule has 1 aromatic heterocycles. The Morgan fingerprint density at radius 3 is 2.42 bits per heavy atom. The van der Waals surface area contributed by atoms with Crippen LogP contribution in [0.15, 0.2) is 18.5 Å². The minimum Gasteiger partial charge on any atom is -0.384 e. The Hall–Kier alpha value is -1.29. The molecule has 0 aliphatic carbocycles. The van der Waals surface area contributed by atoms with Gasteiger partial charge in [-0.15, -0.1) is 0 Å². The van der Waals surface area contributed by atoms with Crippen molar-refractivity contribution in [3.63, 3.8) is 0 Å². The summed E-state index contributed by atoms with van der Waals surface area (Å²) in [4.78, 5) is 6.69. The Kier molecular flexibility index (Phi) is 3.72. The third-order valence-corrected chi connectivity index (χ3v) is 3.17. The number of nitrogens with one attached hydrogen (secondary N) is 1. The molecule has 19 heavy (non-hydrogen) atoms. The maximum absolute atomic E-state index is 6.11. The highest BCUT2D eigenvalue weighted by molar-refractivity contribution is 5.56. The molecular formula is C15H25N3O. The van der Waals surface area contributed by atoms with Gasteiger partial charge in [0, 0.05) is 19.6 Å². The number of rotatable bonds is 3. The maximum Gasteiger partial charge on any atom is 0.0808 e. The summed E-state index contributed by atoms with van der Waals surface area (Å²) in [6.07, 6.45) is 3.79. The zero-order valence-corrected chi connectivity index (χ0v) is 12.7. The monoisotopic (exact) mass is 263 g/mol. The molecule has 0 unspecified atom stereocenters. The van der Waals surface area contributed by atoms with Gasteiger partial charge in [0.1, 0.15) is 0 Å². The van der Waals surface area contributed by atoms with Crippen molar-refractivity contribution in [2.24, 2.45) is 0 Å². The van der Waals surface area contributed by atoms with Crippen LogP contribution in [0.5, 0.6) is 0 Å². The van der Waals surface area contributed by atoms with Gasteiger partial charge in [0.15, 0.2) is 0 Å². The summed E-state index contributed by atoms with van der Waals surface area (Å²) in [5, 5.41) is 3.31. The first-order valence-electron chi connectivity index (χ1n) is 6.95. The van der Waals surface area contributed by atoms with Gasteiger partial charge < -0.3 is 15.0 Å². The lowest BCUT2D eigenvalue weighted by atomic mass is 9.98. The minimum atomic E-state index is -0.143. The summed E-state index contributed by atoms with van der Waals surface area (Å²) in [5.74, 6) is 0. The predicted molar refractivity (Wildman–Crippen MR) is 79.9 cm³/mol. The number of pyridine rings is 1. The van der Waals surface area contributed by atoms with E-state index in [1.165, 1.54) is 0 Å². The number of hydrogen-bond acceptors (Lipinski definition) is 4. The molecule has 1 aliphatic rings. The molecule has 4 heteroatoms. The average molecular weight is 263 g/mol. The van der Waals surface area contributed by atoms with Crippen molar-refractivity contribution in [1.29, 1.82) is 0 Å². The molecule has 106 valence electrons. The zero-order valence-electron chi connectivity index (χ0n) is 12.7. The van der Waals surface area contributed by atoms with Crippen LogP contribution in [0.3, 0.4) is 0 Å². The molecule has 0 aromatic carbocycles. The number of hydrogen-bond donors (Lipinski definition) is 1. The molecule has 0 amide bonds. The van der Waals surface area contributed by atoms with Crippen LogP contribution >= 0.6 is 0 Å². The normalized spacial score (nSPS) is 21.2. The topological polar surface area (TPSA) is 37.4 Å². The molecule has 0 spiro atoms. The third kappa shape index (κ3) is 3.60. The second kappa shape index (κ2) is 5.00. The van der Waals surface area contributed by atoms with Crippen LogP contribution in [-0.4, -0.2) is 35.8 Å². The Morgan fingerprint density at radius 1 is 1.21 bits per heavy atom. The van der Waals surface area contributed by atoms with Crippen molar-refractivity contribution < 1.29 is 4.74 Å². The molecule has 1 fully saturated rings. The minimum absolute atomic E-state index is 0.143. The molecule has 4 nitrogen and oxygen atoms in total. The second-order valence-electron chi connectivity index (χ2n) is 6.44. The highest BCUT2D eigenvalue weighted by Gasteiger charge is 2.38. The van der Waals surface area contributed by atoms with Crippen LogP contribution < -0.4 is 10.2 Å². The fraction of sp³-hybridized carbons (Fsp3) is 0.667. The van der Waals surface area contributed by atoms with E-state index in [1.807, 2.05) is 12.4 Å². The summed E-state index contributed by atoms with van der Waals surface area (Å²) in [6.45, 7) is 13.3. The van der Waals surface area contributed by atoms with Crippen molar-refractivity contribution in [3.05, 3.63) is 18.5 Å². The quantitative estimate of drug-likeness (QED) is 0.910. The molecule has 0 atom stereocenters. The lowest BCUT2D eigenvalue weighted by Gasteiger charge is -2.48. The van der Waals surface area contributed by atoms with Crippen LogP contribution in [0.2, 0.25) is 0 Å². The molecule has 0 saturated carbocycles. The Bertz CT molecular complexity index is 427. The molecule has 2 rings (SSSR count). The first-order chi connectivity index (χ1) is 8.81. The first-order valence-corrected chi connectivity index (χ1v) is 6.95. The zero-order chi connectivity index (χ0) is 14.1. The lowest BCUT2D eigenvalue weighted by molar-refractivity contribution is -0.133. The summed E-state index contributed by atoms with van der Waals surface area (Å²) in [7, 11) is 0. The molecule has 2 heterocycles. The van der Waals surface area contributed by atoms with Gasteiger partial charge in [0.05, 0.1) is 35.0 Å². The van der Waals surface area contributed by atoms with Gasteiger partial charge in [-0.1, -0.05) is 0 Å². The number of ether oxygens (including phenoxy) is 1. The lowest BCUT2D eigenvalue weighted by Crippen LogP contribution is -2.57. The molecule has 0 radical (unpaired) electrons. The van der Waals surface area contributed by atoms with Gasteiger partial charge in [-0.2, -0.15) is 0 Å². The van der Waals surface area contributed by atoms with E-state index >= 15 is 0 Å². The van der Waals surface area contributed by atoms with Gasteiger partial charge in [-0.3, -0.25) is 4.98 Å². The highest BCUT2D eigenvalue weighted by Crippen LogP contribution is 2.31. The molecule has 0 bridgehead atoms. The fourth-order valence-electron chi connectivity index (χ4n) is 2.87. The van der Waals surface area contributed by atoms with E-state index < -0.39 is 0 Å². The number of anilines is 2.